The van der Waals surface area contributed by atoms with E-state index < -0.39 is 0 Å². The molecule has 2 rings (SSSR count). The van der Waals surface area contributed by atoms with Gasteiger partial charge in [-0.1, -0.05) is 19.1 Å². The highest BCUT2D eigenvalue weighted by Crippen LogP contribution is 2.21. The van der Waals surface area contributed by atoms with Crippen LogP contribution in [0.3, 0.4) is 0 Å². The van der Waals surface area contributed by atoms with Crippen molar-refractivity contribution in [3.8, 4) is 5.69 Å². The molecule has 0 spiro atoms. The van der Waals surface area contributed by atoms with Gasteiger partial charge in [0.05, 0.1) is 17.4 Å². The third-order valence-corrected chi connectivity index (χ3v) is 3.29. The van der Waals surface area contributed by atoms with Crippen LogP contribution < -0.4 is 5.32 Å². The highest BCUT2D eigenvalue weighted by Gasteiger charge is 2.18. The van der Waals surface area contributed by atoms with Gasteiger partial charge < -0.3 is 5.32 Å². The lowest BCUT2D eigenvalue weighted by molar-refractivity contribution is 0.555. The summed E-state index contributed by atoms with van der Waals surface area (Å²) in [5.41, 5.74) is 2.87. The first-order valence-electron chi connectivity index (χ1n) is 6.58. The van der Waals surface area contributed by atoms with Gasteiger partial charge in [0.15, 0.2) is 0 Å². The van der Waals surface area contributed by atoms with Crippen molar-refractivity contribution >= 4 is 0 Å². The Hall–Kier alpha value is -1.75. The van der Waals surface area contributed by atoms with Gasteiger partial charge in [-0.15, -0.1) is 5.10 Å². The van der Waals surface area contributed by atoms with Crippen LogP contribution in [-0.4, -0.2) is 22.0 Å². The number of hydrogen-bond acceptors (Lipinski definition) is 3. The molecule has 0 bridgehead atoms. The minimum absolute atomic E-state index is 0.198. The van der Waals surface area contributed by atoms with E-state index in [0.717, 1.165) is 29.9 Å². The van der Waals surface area contributed by atoms with Crippen molar-refractivity contribution in [1.29, 1.82) is 0 Å². The number of rotatable bonds is 5. The molecule has 4 nitrogen and oxygen atoms in total. The molecule has 2 aromatic rings. The van der Waals surface area contributed by atoms with Crippen LogP contribution in [0.25, 0.3) is 5.69 Å². The van der Waals surface area contributed by atoms with Crippen molar-refractivity contribution in [3.05, 3.63) is 41.5 Å². The van der Waals surface area contributed by atoms with Gasteiger partial charge >= 0.3 is 0 Å². The largest absolute Gasteiger partial charge is 0.312 e. The van der Waals surface area contributed by atoms with E-state index in [9.17, 15) is 4.39 Å². The molecule has 5 heteroatoms. The highest BCUT2D eigenvalue weighted by atomic mass is 19.1. The second kappa shape index (κ2) is 5.93. The fourth-order valence-corrected chi connectivity index (χ4v) is 2.24. The van der Waals surface area contributed by atoms with Gasteiger partial charge in [-0.3, -0.25) is 0 Å². The third-order valence-electron chi connectivity index (χ3n) is 3.29. The van der Waals surface area contributed by atoms with E-state index >= 15 is 0 Å². The van der Waals surface area contributed by atoms with E-state index in [1.807, 2.05) is 7.05 Å². The Morgan fingerprint density at radius 3 is 2.47 bits per heavy atom. The number of halogens is 1. The maximum absolute atomic E-state index is 13.0. The fourth-order valence-electron chi connectivity index (χ4n) is 2.24. The van der Waals surface area contributed by atoms with Gasteiger partial charge in [0.2, 0.25) is 0 Å². The van der Waals surface area contributed by atoms with Crippen molar-refractivity contribution in [1.82, 2.24) is 20.3 Å². The second-order valence-corrected chi connectivity index (χ2v) is 4.41. The summed E-state index contributed by atoms with van der Waals surface area (Å²) in [6, 6.07) is 6.50. The highest BCUT2D eigenvalue weighted by molar-refractivity contribution is 5.34. The molecule has 0 aliphatic rings. The molecule has 1 unspecified atom stereocenters. The topological polar surface area (TPSA) is 42.7 Å². The molecule has 0 radical (unpaired) electrons. The molecule has 0 saturated heterocycles. The molecule has 1 aromatic carbocycles. The molecular formula is C14H19FN4. The summed E-state index contributed by atoms with van der Waals surface area (Å²) in [6.45, 7) is 4.18. The van der Waals surface area contributed by atoms with E-state index in [-0.39, 0.29) is 11.9 Å². The third kappa shape index (κ3) is 2.66. The molecule has 1 N–H and O–H groups in total. The molecule has 0 fully saturated rings. The zero-order chi connectivity index (χ0) is 13.8. The van der Waals surface area contributed by atoms with Crippen LogP contribution in [0.15, 0.2) is 24.3 Å². The van der Waals surface area contributed by atoms with Gasteiger partial charge in [-0.25, -0.2) is 9.07 Å². The Morgan fingerprint density at radius 2 is 1.95 bits per heavy atom. The smallest absolute Gasteiger partial charge is 0.123 e. The Labute approximate surface area is 112 Å². The first-order valence-corrected chi connectivity index (χ1v) is 6.58. The van der Waals surface area contributed by atoms with E-state index in [2.05, 4.69) is 29.5 Å². The molecule has 1 heterocycles. The average molecular weight is 262 g/mol. The summed E-state index contributed by atoms with van der Waals surface area (Å²) in [5, 5.41) is 11.7. The maximum Gasteiger partial charge on any atom is 0.123 e. The normalized spacial score (nSPS) is 12.6. The molecule has 1 atom stereocenters. The average Bonchev–Trinajstić information content (AvgIpc) is 2.85. The van der Waals surface area contributed by atoms with Crippen molar-refractivity contribution in [2.24, 2.45) is 0 Å². The molecule has 0 aliphatic heterocycles. The molecule has 0 amide bonds. The molecule has 1 aromatic heterocycles. The number of hydrogen-bond donors (Lipinski definition) is 1. The van der Waals surface area contributed by atoms with Gasteiger partial charge in [0.25, 0.3) is 0 Å². The first kappa shape index (κ1) is 13.7. The minimum atomic E-state index is -0.246. The lowest BCUT2D eigenvalue weighted by Gasteiger charge is -2.13. The number of nitrogens with one attached hydrogen (secondary N) is 1. The van der Waals surface area contributed by atoms with Gasteiger partial charge in [0, 0.05) is 0 Å². The predicted octanol–water partition coefficient (Wildman–Crippen LogP) is 2.64. The first-order chi connectivity index (χ1) is 9.21. The molecule has 0 saturated carbocycles. The summed E-state index contributed by atoms with van der Waals surface area (Å²) in [6.07, 6.45) is 1.78. The van der Waals surface area contributed by atoms with Crippen molar-refractivity contribution < 1.29 is 4.39 Å². The van der Waals surface area contributed by atoms with Crippen molar-refractivity contribution in [2.75, 3.05) is 7.05 Å². The summed E-state index contributed by atoms with van der Waals surface area (Å²) in [5.74, 6) is -0.246. The van der Waals surface area contributed by atoms with E-state index in [1.54, 1.807) is 16.8 Å². The van der Waals surface area contributed by atoms with Gasteiger partial charge in [0.1, 0.15) is 11.5 Å². The quantitative estimate of drug-likeness (QED) is 0.900. The summed E-state index contributed by atoms with van der Waals surface area (Å²) < 4.78 is 14.8. The lowest BCUT2D eigenvalue weighted by atomic mass is 10.1. The number of benzene rings is 1. The van der Waals surface area contributed by atoms with E-state index in [0.29, 0.717) is 0 Å². The SMILES string of the molecule is CCc1c(C(CC)NC)nnn1-c1ccc(F)cc1. The Bertz CT molecular complexity index is 529. The predicted molar refractivity (Wildman–Crippen MR) is 72.8 cm³/mol. The van der Waals surface area contributed by atoms with E-state index in [1.165, 1.54) is 12.1 Å². The minimum Gasteiger partial charge on any atom is -0.312 e. The fraction of sp³-hybridized carbons (Fsp3) is 0.429. The second-order valence-electron chi connectivity index (χ2n) is 4.41. The van der Waals surface area contributed by atoms with Crippen LogP contribution in [0, 0.1) is 5.82 Å². The van der Waals surface area contributed by atoms with Crippen LogP contribution in [0.2, 0.25) is 0 Å². The monoisotopic (exact) mass is 262 g/mol. The van der Waals surface area contributed by atoms with Crippen LogP contribution >= 0.6 is 0 Å². The Kier molecular flexibility index (Phi) is 4.27. The zero-order valence-electron chi connectivity index (χ0n) is 11.5. The lowest BCUT2D eigenvalue weighted by Crippen LogP contribution is -2.17. The number of aromatic nitrogens is 3. The number of nitrogens with zero attached hydrogens (tertiary/aromatic N) is 3. The van der Waals surface area contributed by atoms with Crippen molar-refractivity contribution in [2.45, 2.75) is 32.7 Å². The van der Waals surface area contributed by atoms with Crippen LogP contribution in [0.4, 0.5) is 4.39 Å². The van der Waals surface area contributed by atoms with Gasteiger partial charge in [-0.2, -0.15) is 0 Å². The zero-order valence-corrected chi connectivity index (χ0v) is 11.5. The van der Waals surface area contributed by atoms with Crippen LogP contribution in [0.1, 0.15) is 37.7 Å². The standard InChI is InChI=1S/C14H19FN4/c1-4-12(16-3)14-13(5-2)19(18-17-14)11-8-6-10(15)7-9-11/h6-9,12,16H,4-5H2,1-3H3. The van der Waals surface area contributed by atoms with Crippen LogP contribution in [0.5, 0.6) is 0 Å². The molecular weight excluding hydrogens is 243 g/mol. The summed E-state index contributed by atoms with van der Waals surface area (Å²) in [7, 11) is 1.92. The molecule has 102 valence electrons. The summed E-state index contributed by atoms with van der Waals surface area (Å²) in [4.78, 5) is 0. The van der Waals surface area contributed by atoms with Gasteiger partial charge in [-0.05, 0) is 44.2 Å². The Morgan fingerprint density at radius 1 is 1.26 bits per heavy atom. The summed E-state index contributed by atoms with van der Waals surface area (Å²) >= 11 is 0. The molecule has 19 heavy (non-hydrogen) atoms. The Balaban J connectivity index is 2.44. The van der Waals surface area contributed by atoms with E-state index in [4.69, 9.17) is 0 Å². The van der Waals surface area contributed by atoms with Crippen molar-refractivity contribution in [3.63, 3.8) is 0 Å². The van der Waals surface area contributed by atoms with Crippen LogP contribution in [-0.2, 0) is 6.42 Å². The molecule has 0 aliphatic carbocycles. The maximum atomic E-state index is 13.0.